The van der Waals surface area contributed by atoms with Crippen LogP contribution >= 0.6 is 0 Å². The van der Waals surface area contributed by atoms with Crippen molar-refractivity contribution in [2.45, 2.75) is 36.9 Å². The zero-order chi connectivity index (χ0) is 18.0. The van der Waals surface area contributed by atoms with Gasteiger partial charge in [-0.1, -0.05) is 0 Å². The highest BCUT2D eigenvalue weighted by atomic mass is 32.2. The second-order valence-electron chi connectivity index (χ2n) is 6.13. The molecular formula is C16H23N5O3S. The third-order valence-electron chi connectivity index (χ3n) is 4.23. The summed E-state index contributed by atoms with van der Waals surface area (Å²) < 4.78 is 35.8. The molecule has 8 nitrogen and oxygen atoms in total. The van der Waals surface area contributed by atoms with E-state index in [2.05, 4.69) is 14.7 Å². The fourth-order valence-electron chi connectivity index (χ4n) is 2.87. The molecule has 0 radical (unpaired) electrons. The molecule has 3 rings (SSSR count). The fraction of sp³-hybridized carbons (Fsp3) is 0.500. The quantitative estimate of drug-likeness (QED) is 0.827. The van der Waals surface area contributed by atoms with E-state index in [1.807, 2.05) is 36.7 Å². The van der Waals surface area contributed by atoms with Gasteiger partial charge in [0.1, 0.15) is 22.6 Å². The molecule has 0 bridgehead atoms. The molecule has 1 aliphatic rings. The number of imidazole rings is 1. The minimum Gasteiger partial charge on any atom is -0.369 e. The number of hydrogen-bond donors (Lipinski definition) is 1. The van der Waals surface area contributed by atoms with Gasteiger partial charge in [-0.05, 0) is 25.5 Å². The van der Waals surface area contributed by atoms with E-state index < -0.39 is 16.1 Å². The lowest BCUT2D eigenvalue weighted by Crippen LogP contribution is -2.37. The third-order valence-corrected chi connectivity index (χ3v) is 5.71. The molecule has 0 unspecified atom stereocenters. The molecule has 0 aliphatic carbocycles. The van der Waals surface area contributed by atoms with Crippen LogP contribution in [0, 0.1) is 0 Å². The van der Waals surface area contributed by atoms with Gasteiger partial charge in [0.25, 0.3) is 0 Å². The SMILES string of the molecule is CCn1ccnc1[C@H]1OCC[C@@H]1NS(=O)(=O)c1ccc(N(C)C)nc1. The summed E-state index contributed by atoms with van der Waals surface area (Å²) in [5.41, 5.74) is 0. The zero-order valence-corrected chi connectivity index (χ0v) is 15.4. The molecule has 0 spiro atoms. The molecule has 2 atom stereocenters. The number of nitrogens with zero attached hydrogens (tertiary/aromatic N) is 4. The summed E-state index contributed by atoms with van der Waals surface area (Å²) in [6.07, 6.45) is 5.15. The first-order valence-corrected chi connectivity index (χ1v) is 9.69. The Morgan fingerprint density at radius 2 is 2.16 bits per heavy atom. The van der Waals surface area contributed by atoms with Crippen molar-refractivity contribution >= 4 is 15.8 Å². The minimum absolute atomic E-state index is 0.141. The van der Waals surface area contributed by atoms with Gasteiger partial charge in [-0.2, -0.15) is 0 Å². The van der Waals surface area contributed by atoms with Crippen molar-refractivity contribution in [2.75, 3.05) is 25.6 Å². The lowest BCUT2D eigenvalue weighted by molar-refractivity contribution is 0.0925. The Hall–Kier alpha value is -1.97. The van der Waals surface area contributed by atoms with Crippen LogP contribution in [-0.4, -0.2) is 49.7 Å². The molecule has 25 heavy (non-hydrogen) atoms. The first-order valence-electron chi connectivity index (χ1n) is 8.20. The Morgan fingerprint density at radius 3 is 2.80 bits per heavy atom. The van der Waals surface area contributed by atoms with Crippen molar-refractivity contribution in [1.29, 1.82) is 0 Å². The highest BCUT2D eigenvalue weighted by molar-refractivity contribution is 7.89. The maximum absolute atomic E-state index is 12.7. The van der Waals surface area contributed by atoms with Crippen LogP contribution in [0.4, 0.5) is 5.82 Å². The largest absolute Gasteiger partial charge is 0.369 e. The summed E-state index contributed by atoms with van der Waals surface area (Å²) in [7, 11) is 0.0267. The molecule has 1 aliphatic heterocycles. The van der Waals surface area contributed by atoms with Crippen molar-refractivity contribution in [3.05, 3.63) is 36.5 Å². The number of aromatic nitrogens is 3. The maximum Gasteiger partial charge on any atom is 0.242 e. The van der Waals surface area contributed by atoms with Gasteiger partial charge in [0.05, 0.1) is 6.04 Å². The van der Waals surface area contributed by atoms with Gasteiger partial charge in [-0.15, -0.1) is 0 Å². The highest BCUT2D eigenvalue weighted by Gasteiger charge is 2.35. The number of aryl methyl sites for hydroxylation is 1. The van der Waals surface area contributed by atoms with Gasteiger partial charge in [0.15, 0.2) is 0 Å². The molecule has 136 valence electrons. The number of anilines is 1. The normalized spacial score (nSPS) is 20.8. The van der Waals surface area contributed by atoms with Crippen molar-refractivity contribution in [2.24, 2.45) is 0 Å². The molecule has 9 heteroatoms. The zero-order valence-electron chi connectivity index (χ0n) is 14.6. The summed E-state index contributed by atoms with van der Waals surface area (Å²) in [6, 6.07) is 2.88. The van der Waals surface area contributed by atoms with E-state index in [0.29, 0.717) is 18.8 Å². The molecular weight excluding hydrogens is 342 g/mol. The predicted molar refractivity (Wildman–Crippen MR) is 93.9 cm³/mol. The van der Waals surface area contributed by atoms with Gasteiger partial charge >= 0.3 is 0 Å². The lowest BCUT2D eigenvalue weighted by Gasteiger charge is -2.20. The number of nitrogens with one attached hydrogen (secondary N) is 1. The molecule has 0 saturated carbocycles. The van der Waals surface area contributed by atoms with Crippen molar-refractivity contribution in [3.63, 3.8) is 0 Å². The molecule has 2 aromatic heterocycles. The molecule has 1 saturated heterocycles. The van der Waals surface area contributed by atoms with Gasteiger partial charge in [0.2, 0.25) is 10.0 Å². The highest BCUT2D eigenvalue weighted by Crippen LogP contribution is 2.29. The molecule has 2 aromatic rings. The van der Waals surface area contributed by atoms with E-state index >= 15 is 0 Å². The summed E-state index contributed by atoms with van der Waals surface area (Å²) in [5, 5.41) is 0. The average molecular weight is 365 g/mol. The predicted octanol–water partition coefficient (Wildman–Crippen LogP) is 1.17. The Balaban J connectivity index is 1.80. The number of sulfonamides is 1. The second kappa shape index (κ2) is 7.11. The van der Waals surface area contributed by atoms with Crippen molar-refractivity contribution in [3.8, 4) is 0 Å². The smallest absolute Gasteiger partial charge is 0.242 e. The van der Waals surface area contributed by atoms with Crippen molar-refractivity contribution in [1.82, 2.24) is 19.3 Å². The first-order chi connectivity index (χ1) is 11.9. The number of hydrogen-bond acceptors (Lipinski definition) is 6. The number of pyridine rings is 1. The number of ether oxygens (including phenoxy) is 1. The molecule has 1 N–H and O–H groups in total. The standard InChI is InChI=1S/C16H23N5O3S/c1-4-21-9-8-17-16(21)15-13(7-10-24-15)19-25(22,23)12-5-6-14(18-11-12)20(2)3/h5-6,8-9,11,13,15,19H,4,7,10H2,1-3H3/t13-,15-/m0/s1. The Bertz CT molecular complexity index is 817. The van der Waals surface area contributed by atoms with Crippen LogP contribution in [0.1, 0.15) is 25.3 Å². The summed E-state index contributed by atoms with van der Waals surface area (Å²) in [4.78, 5) is 10.5. The molecule has 3 heterocycles. The Labute approximate surface area is 147 Å². The van der Waals surface area contributed by atoms with Crippen LogP contribution in [0.25, 0.3) is 0 Å². The second-order valence-corrected chi connectivity index (χ2v) is 7.84. The van der Waals surface area contributed by atoms with Gasteiger partial charge in [-0.25, -0.2) is 23.1 Å². The summed E-state index contributed by atoms with van der Waals surface area (Å²) in [5.74, 6) is 1.44. The third kappa shape index (κ3) is 3.68. The monoisotopic (exact) mass is 365 g/mol. The van der Waals surface area contributed by atoms with Crippen LogP contribution in [-0.2, 0) is 21.3 Å². The van der Waals surface area contributed by atoms with E-state index in [4.69, 9.17) is 4.74 Å². The molecule has 0 aromatic carbocycles. The summed E-state index contributed by atoms with van der Waals surface area (Å²) >= 11 is 0. The number of rotatable bonds is 6. The first kappa shape index (κ1) is 17.8. The topological polar surface area (TPSA) is 89.3 Å². The van der Waals surface area contributed by atoms with Gasteiger partial charge in [-0.3, -0.25) is 0 Å². The van der Waals surface area contributed by atoms with Crippen LogP contribution in [0.3, 0.4) is 0 Å². The molecule has 0 amide bonds. The van der Waals surface area contributed by atoms with E-state index in [-0.39, 0.29) is 10.9 Å². The van der Waals surface area contributed by atoms with Crippen molar-refractivity contribution < 1.29 is 13.2 Å². The van der Waals surface area contributed by atoms with Crippen LogP contribution in [0.15, 0.2) is 35.6 Å². The lowest BCUT2D eigenvalue weighted by atomic mass is 10.1. The average Bonchev–Trinajstić information content (AvgIpc) is 3.22. The van der Waals surface area contributed by atoms with E-state index in [9.17, 15) is 8.42 Å². The Morgan fingerprint density at radius 1 is 1.36 bits per heavy atom. The molecule has 1 fully saturated rings. The maximum atomic E-state index is 12.7. The summed E-state index contributed by atoms with van der Waals surface area (Å²) in [6.45, 7) is 3.26. The minimum atomic E-state index is -3.68. The Kier molecular flexibility index (Phi) is 5.07. The van der Waals surface area contributed by atoms with Gasteiger partial charge < -0.3 is 14.2 Å². The van der Waals surface area contributed by atoms with Crippen LogP contribution < -0.4 is 9.62 Å². The fourth-order valence-corrected chi connectivity index (χ4v) is 4.09. The van der Waals surface area contributed by atoms with Gasteiger partial charge in [0, 0.05) is 45.8 Å². The van der Waals surface area contributed by atoms with E-state index in [0.717, 1.165) is 12.4 Å². The van der Waals surface area contributed by atoms with E-state index in [1.165, 1.54) is 6.20 Å². The van der Waals surface area contributed by atoms with Crippen LogP contribution in [0.2, 0.25) is 0 Å². The van der Waals surface area contributed by atoms with Crippen LogP contribution in [0.5, 0.6) is 0 Å². The van der Waals surface area contributed by atoms with E-state index in [1.54, 1.807) is 18.3 Å².